The van der Waals surface area contributed by atoms with Gasteiger partial charge in [0.2, 0.25) is 0 Å². The number of nitrogens with one attached hydrogen (secondary N) is 1. The van der Waals surface area contributed by atoms with Crippen molar-refractivity contribution in [1.29, 1.82) is 0 Å². The number of imidazole rings is 1. The molecule has 0 spiro atoms. The van der Waals surface area contributed by atoms with Crippen molar-refractivity contribution in [1.82, 2.24) is 15.0 Å². The van der Waals surface area contributed by atoms with Gasteiger partial charge in [-0.3, -0.25) is 9.19 Å². The minimum absolute atomic E-state index is 0.0331. The van der Waals surface area contributed by atoms with Crippen LogP contribution in [0.1, 0.15) is 5.69 Å². The Morgan fingerprint density at radius 3 is 2.60 bits per heavy atom. The summed E-state index contributed by atoms with van der Waals surface area (Å²) in [5.74, 6) is 0.976. The zero-order chi connectivity index (χ0) is 21.1. The normalized spacial score (nSPS) is 12.6. The summed E-state index contributed by atoms with van der Waals surface area (Å²) in [6, 6.07) is 16.0. The number of hydrogen-bond donors (Lipinski definition) is 1. The molecule has 0 aliphatic heterocycles. The highest BCUT2D eigenvalue weighted by atomic mass is 32.2. The van der Waals surface area contributed by atoms with Crippen molar-refractivity contribution in [2.75, 3.05) is 7.11 Å². The van der Waals surface area contributed by atoms with Gasteiger partial charge in [0.05, 0.1) is 40.4 Å². The van der Waals surface area contributed by atoms with Crippen molar-refractivity contribution >= 4 is 32.0 Å². The van der Waals surface area contributed by atoms with Crippen molar-refractivity contribution in [2.24, 2.45) is 0 Å². The highest BCUT2D eigenvalue weighted by Gasteiger charge is 2.19. The number of benzene rings is 2. The molecule has 0 fully saturated rings. The van der Waals surface area contributed by atoms with Gasteiger partial charge >= 0.3 is 10.1 Å². The number of aromatic amines is 1. The molecule has 4 aromatic rings. The number of fused-ring (bicyclic) bond motifs is 1. The summed E-state index contributed by atoms with van der Waals surface area (Å²) >= 11 is 0. The summed E-state index contributed by atoms with van der Waals surface area (Å²) in [7, 11) is -3.98. The predicted molar refractivity (Wildman–Crippen MR) is 111 cm³/mol. The molecule has 0 saturated carbocycles. The smallest absolute Gasteiger partial charge is 0.339 e. The fourth-order valence-corrected chi connectivity index (χ4v) is 4.69. The lowest BCUT2D eigenvalue weighted by Gasteiger charge is -2.06. The topological polar surface area (TPSA) is 111 Å². The number of methoxy groups -OCH3 is 1. The summed E-state index contributed by atoms with van der Waals surface area (Å²) in [6.45, 7) is 0. The van der Waals surface area contributed by atoms with E-state index >= 15 is 0 Å². The maximum absolute atomic E-state index is 12.7. The van der Waals surface area contributed by atoms with E-state index in [1.165, 1.54) is 18.2 Å². The van der Waals surface area contributed by atoms with E-state index in [1.807, 2.05) is 0 Å². The molecule has 10 heteroatoms. The number of ether oxygens (including phenoxy) is 1. The van der Waals surface area contributed by atoms with Crippen LogP contribution in [0.15, 0.2) is 76.9 Å². The second-order valence-electron chi connectivity index (χ2n) is 6.25. The Labute approximate surface area is 175 Å². The van der Waals surface area contributed by atoms with Crippen molar-refractivity contribution in [2.45, 2.75) is 15.8 Å². The molecule has 1 atom stereocenters. The van der Waals surface area contributed by atoms with E-state index in [-0.39, 0.29) is 21.6 Å². The Balaban J connectivity index is 1.58. The lowest BCUT2D eigenvalue weighted by molar-refractivity contribution is 0.413. The van der Waals surface area contributed by atoms with Crippen molar-refractivity contribution in [3.63, 3.8) is 0 Å². The Morgan fingerprint density at radius 1 is 1.03 bits per heavy atom. The molecule has 0 amide bonds. The van der Waals surface area contributed by atoms with Crippen LogP contribution >= 0.6 is 0 Å². The highest BCUT2D eigenvalue weighted by Crippen LogP contribution is 2.23. The molecule has 0 bridgehead atoms. The average Bonchev–Trinajstić information content (AvgIpc) is 3.18. The van der Waals surface area contributed by atoms with E-state index in [0.717, 1.165) is 0 Å². The highest BCUT2D eigenvalue weighted by molar-refractivity contribution is 7.87. The molecule has 2 heterocycles. The summed E-state index contributed by atoms with van der Waals surface area (Å²) in [6.07, 6.45) is 1.58. The number of H-pyrrole nitrogens is 1. The quantitative estimate of drug-likeness (QED) is 0.437. The van der Waals surface area contributed by atoms with Gasteiger partial charge in [-0.05, 0) is 36.4 Å². The first kappa shape index (κ1) is 20.0. The molecule has 2 aromatic carbocycles. The number of para-hydroxylation sites is 1. The van der Waals surface area contributed by atoms with Crippen molar-refractivity contribution < 1.29 is 21.5 Å². The van der Waals surface area contributed by atoms with E-state index in [0.29, 0.717) is 22.5 Å². The Kier molecular flexibility index (Phi) is 5.51. The predicted octanol–water partition coefficient (Wildman–Crippen LogP) is 3.04. The maximum atomic E-state index is 12.7. The molecule has 2 aromatic heterocycles. The van der Waals surface area contributed by atoms with Crippen LogP contribution < -0.4 is 8.92 Å². The zero-order valence-electron chi connectivity index (χ0n) is 15.8. The van der Waals surface area contributed by atoms with E-state index < -0.39 is 20.9 Å². The van der Waals surface area contributed by atoms with Crippen LogP contribution in [-0.4, -0.2) is 34.7 Å². The molecule has 1 N–H and O–H groups in total. The van der Waals surface area contributed by atoms with Gasteiger partial charge in [-0.15, -0.1) is 0 Å². The van der Waals surface area contributed by atoms with Gasteiger partial charge < -0.3 is 13.9 Å². The van der Waals surface area contributed by atoms with Gasteiger partial charge in [0.1, 0.15) is 16.4 Å². The SMILES string of the molecule is COc1ccnc(CS(=O)c2nc3ccc(S(=O)(=O)Oc4ccccc4)cc3[nH]2)c1. The first-order valence-electron chi connectivity index (χ1n) is 8.81. The number of pyridine rings is 1. The van der Waals surface area contributed by atoms with Crippen LogP contribution in [-0.2, 0) is 26.7 Å². The van der Waals surface area contributed by atoms with Gasteiger partial charge in [-0.1, -0.05) is 18.2 Å². The first-order chi connectivity index (χ1) is 14.4. The zero-order valence-corrected chi connectivity index (χ0v) is 17.4. The second kappa shape index (κ2) is 8.25. The molecule has 30 heavy (non-hydrogen) atoms. The van der Waals surface area contributed by atoms with E-state index in [1.54, 1.807) is 55.8 Å². The molecule has 154 valence electrons. The first-order valence-corrected chi connectivity index (χ1v) is 11.5. The van der Waals surface area contributed by atoms with Gasteiger partial charge in [-0.2, -0.15) is 8.42 Å². The van der Waals surface area contributed by atoms with Gasteiger partial charge in [0.15, 0.2) is 5.16 Å². The Bertz CT molecular complexity index is 1320. The molecule has 0 aliphatic carbocycles. The van der Waals surface area contributed by atoms with E-state index in [4.69, 9.17) is 8.92 Å². The minimum atomic E-state index is -4.02. The molecule has 0 radical (unpaired) electrons. The monoisotopic (exact) mass is 443 g/mol. The number of aromatic nitrogens is 3. The van der Waals surface area contributed by atoms with Crippen LogP contribution in [0.3, 0.4) is 0 Å². The van der Waals surface area contributed by atoms with Gasteiger partial charge in [-0.25, -0.2) is 4.98 Å². The number of hydrogen-bond acceptors (Lipinski definition) is 7. The average molecular weight is 444 g/mol. The summed E-state index contributed by atoms with van der Waals surface area (Å²) < 4.78 is 48.1. The number of nitrogens with zero attached hydrogens (tertiary/aromatic N) is 2. The largest absolute Gasteiger partial charge is 0.497 e. The minimum Gasteiger partial charge on any atom is -0.497 e. The third-order valence-electron chi connectivity index (χ3n) is 4.19. The third-order valence-corrected chi connectivity index (χ3v) is 6.61. The second-order valence-corrected chi connectivity index (χ2v) is 9.16. The summed E-state index contributed by atoms with van der Waals surface area (Å²) in [5, 5.41) is 0.230. The lowest BCUT2D eigenvalue weighted by atomic mass is 10.3. The summed E-state index contributed by atoms with van der Waals surface area (Å²) in [4.78, 5) is 11.4. The van der Waals surface area contributed by atoms with Crippen LogP contribution in [0.5, 0.6) is 11.5 Å². The molecule has 1 unspecified atom stereocenters. The van der Waals surface area contributed by atoms with E-state index in [9.17, 15) is 12.6 Å². The van der Waals surface area contributed by atoms with Gasteiger partial charge in [0.25, 0.3) is 0 Å². The van der Waals surface area contributed by atoms with Gasteiger partial charge in [0, 0.05) is 12.3 Å². The Morgan fingerprint density at radius 2 is 1.83 bits per heavy atom. The van der Waals surface area contributed by atoms with E-state index in [2.05, 4.69) is 15.0 Å². The van der Waals surface area contributed by atoms with Crippen molar-refractivity contribution in [3.8, 4) is 11.5 Å². The molecular formula is C20H17N3O5S2. The number of rotatable bonds is 7. The molecule has 0 aliphatic rings. The molecule has 0 saturated heterocycles. The van der Waals surface area contributed by atoms with Crippen LogP contribution in [0.2, 0.25) is 0 Å². The fourth-order valence-electron chi connectivity index (χ4n) is 2.74. The molecule has 4 rings (SSSR count). The molecule has 8 nitrogen and oxygen atoms in total. The Hall–Kier alpha value is -3.24. The molecular weight excluding hydrogens is 426 g/mol. The third kappa shape index (κ3) is 4.34. The maximum Gasteiger partial charge on any atom is 0.339 e. The fraction of sp³-hybridized carbons (Fsp3) is 0.100. The van der Waals surface area contributed by atoms with Crippen LogP contribution in [0, 0.1) is 0 Å². The van der Waals surface area contributed by atoms with Crippen molar-refractivity contribution in [3.05, 3.63) is 72.6 Å². The van der Waals surface area contributed by atoms with Crippen LogP contribution in [0.25, 0.3) is 11.0 Å². The summed E-state index contributed by atoms with van der Waals surface area (Å²) in [5.41, 5.74) is 1.53. The van der Waals surface area contributed by atoms with Crippen LogP contribution in [0.4, 0.5) is 0 Å². The lowest BCUT2D eigenvalue weighted by Crippen LogP contribution is -2.09. The standard InChI is InChI=1S/C20H17N3O5S2/c1-27-16-9-10-21-14(11-16)13-29(24)20-22-18-8-7-17(12-19(18)23-20)30(25,26)28-15-5-3-2-4-6-15/h2-12H,13H2,1H3,(H,22,23).